The largest absolute Gasteiger partial charge is 0.501 e. The second-order valence-electron chi connectivity index (χ2n) is 10.2. The number of methoxy groups -OCH3 is 1. The molecule has 2 fully saturated rings. The van der Waals surface area contributed by atoms with Gasteiger partial charge in [-0.05, 0) is 58.2 Å². The van der Waals surface area contributed by atoms with Crippen molar-refractivity contribution < 1.29 is 17.9 Å². The molecule has 3 aromatic rings. The molecule has 2 aromatic heterocycles. The van der Waals surface area contributed by atoms with E-state index >= 15 is 0 Å². The van der Waals surface area contributed by atoms with Gasteiger partial charge in [-0.15, -0.1) is 0 Å². The van der Waals surface area contributed by atoms with Crippen molar-refractivity contribution in [3.63, 3.8) is 0 Å². The van der Waals surface area contributed by atoms with Crippen molar-refractivity contribution in [1.29, 1.82) is 0 Å². The molecule has 1 unspecified atom stereocenters. The third kappa shape index (κ3) is 3.37. The summed E-state index contributed by atoms with van der Waals surface area (Å²) in [6.07, 6.45) is -2.81. The molecule has 0 bridgehead atoms. The molecular formula is C24H28F3N5OS. The SMILES string of the molecule is C=C(OC)C12CC1(NC(C)c1cc(-c3c(C)nc4sc(C(C)(C)N)nn34)ccc1C(F)(F)F)C2. The third-order valence-electron chi connectivity index (χ3n) is 7.17. The Hall–Kier alpha value is -2.43. The fourth-order valence-corrected chi connectivity index (χ4v) is 6.01. The van der Waals surface area contributed by atoms with Crippen LogP contribution in [0.15, 0.2) is 30.5 Å². The minimum Gasteiger partial charge on any atom is -0.501 e. The molecule has 2 aliphatic carbocycles. The molecule has 2 aliphatic rings. The Bertz CT molecular complexity index is 1310. The van der Waals surface area contributed by atoms with E-state index in [4.69, 9.17) is 10.5 Å². The topological polar surface area (TPSA) is 77.5 Å². The number of hydrogen-bond donors (Lipinski definition) is 2. The molecule has 182 valence electrons. The van der Waals surface area contributed by atoms with Crippen LogP contribution >= 0.6 is 11.3 Å². The number of rotatable bonds is 7. The van der Waals surface area contributed by atoms with Crippen LogP contribution in [-0.2, 0) is 16.5 Å². The maximum atomic E-state index is 14.0. The van der Waals surface area contributed by atoms with Crippen LogP contribution in [0.3, 0.4) is 0 Å². The fraction of sp³-hybridized carbons (Fsp3) is 0.500. The smallest absolute Gasteiger partial charge is 0.416 e. The molecule has 2 saturated carbocycles. The van der Waals surface area contributed by atoms with Gasteiger partial charge >= 0.3 is 6.18 Å². The molecule has 3 N–H and O–H groups in total. The van der Waals surface area contributed by atoms with Crippen molar-refractivity contribution in [3.8, 4) is 11.3 Å². The molecule has 0 saturated heterocycles. The molecule has 34 heavy (non-hydrogen) atoms. The molecule has 0 spiro atoms. The van der Waals surface area contributed by atoms with Crippen LogP contribution in [0.1, 0.15) is 61.5 Å². The van der Waals surface area contributed by atoms with Crippen LogP contribution in [0, 0.1) is 12.3 Å². The van der Waals surface area contributed by atoms with Gasteiger partial charge in [0, 0.05) is 22.6 Å². The Morgan fingerprint density at radius 2 is 2.00 bits per heavy atom. The molecule has 2 heterocycles. The molecule has 5 rings (SSSR count). The van der Waals surface area contributed by atoms with E-state index in [9.17, 15) is 13.2 Å². The van der Waals surface area contributed by atoms with Crippen LogP contribution in [0.25, 0.3) is 16.2 Å². The highest BCUT2D eigenvalue weighted by molar-refractivity contribution is 7.16. The Kier molecular flexibility index (Phi) is 4.84. The Morgan fingerprint density at radius 1 is 1.32 bits per heavy atom. The first-order valence-corrected chi connectivity index (χ1v) is 11.9. The minimum atomic E-state index is -4.47. The zero-order chi connectivity index (χ0) is 24.8. The average molecular weight is 492 g/mol. The van der Waals surface area contributed by atoms with Crippen LogP contribution < -0.4 is 11.1 Å². The van der Waals surface area contributed by atoms with Crippen molar-refractivity contribution >= 4 is 16.3 Å². The molecule has 0 aliphatic heterocycles. The van der Waals surface area contributed by atoms with Gasteiger partial charge < -0.3 is 15.8 Å². The normalized spacial score (nSPS) is 24.7. The second-order valence-corrected chi connectivity index (χ2v) is 11.1. The maximum absolute atomic E-state index is 14.0. The van der Waals surface area contributed by atoms with E-state index in [2.05, 4.69) is 22.0 Å². The summed E-state index contributed by atoms with van der Waals surface area (Å²) in [5.74, 6) is 0.691. The number of ether oxygens (including phenoxy) is 1. The number of fused-ring (bicyclic) bond motifs is 2. The molecule has 10 heteroatoms. The predicted octanol–water partition coefficient (Wildman–Crippen LogP) is 5.32. The molecule has 0 radical (unpaired) electrons. The highest BCUT2D eigenvalue weighted by Crippen LogP contribution is 2.82. The van der Waals surface area contributed by atoms with Gasteiger partial charge in [0.05, 0.1) is 35.4 Å². The van der Waals surface area contributed by atoms with Gasteiger partial charge in [-0.25, -0.2) is 9.50 Å². The third-order valence-corrected chi connectivity index (χ3v) is 8.42. The zero-order valence-electron chi connectivity index (χ0n) is 19.8. The van der Waals surface area contributed by atoms with Gasteiger partial charge in [0.1, 0.15) is 5.01 Å². The van der Waals surface area contributed by atoms with Crippen LogP contribution in [0.2, 0.25) is 0 Å². The van der Waals surface area contributed by atoms with E-state index < -0.39 is 23.3 Å². The quantitative estimate of drug-likeness (QED) is 0.438. The average Bonchev–Trinajstić information content (AvgIpc) is 3.39. The second kappa shape index (κ2) is 7.05. The van der Waals surface area contributed by atoms with E-state index in [0.29, 0.717) is 32.7 Å². The van der Waals surface area contributed by atoms with Gasteiger partial charge in [-0.3, -0.25) is 0 Å². The molecule has 6 nitrogen and oxygen atoms in total. The number of nitrogens with zero attached hydrogens (tertiary/aromatic N) is 3. The lowest BCUT2D eigenvalue weighted by Crippen LogP contribution is -2.28. The highest BCUT2D eigenvalue weighted by Gasteiger charge is 2.85. The summed E-state index contributed by atoms with van der Waals surface area (Å²) in [6, 6.07) is 3.73. The number of alkyl halides is 3. The summed E-state index contributed by atoms with van der Waals surface area (Å²) in [4.78, 5) is 5.24. The first kappa shape index (κ1) is 23.3. The number of imidazole rings is 1. The summed E-state index contributed by atoms with van der Waals surface area (Å²) in [7, 11) is 1.58. The summed E-state index contributed by atoms with van der Waals surface area (Å²) in [5, 5.41) is 8.77. The van der Waals surface area contributed by atoms with E-state index in [1.807, 2.05) is 20.8 Å². The standard InChI is InChI=1S/C24H28F3N5OS/c1-12(30-23-10-22(23,11-23)14(3)33-6)16-9-15(7-8-17(16)24(25,26)27)18-13(2)29-20-32(18)31-19(34-20)21(4,5)28/h7-9,12,30H,3,10-11,28H2,1-2,4-6H3. The number of aryl methyl sites for hydroxylation is 1. The summed E-state index contributed by atoms with van der Waals surface area (Å²) in [5.41, 5.74) is 6.73. The van der Waals surface area contributed by atoms with Crippen molar-refractivity contribution in [2.75, 3.05) is 7.11 Å². The summed E-state index contributed by atoms with van der Waals surface area (Å²) in [6.45, 7) is 11.3. The van der Waals surface area contributed by atoms with Crippen molar-refractivity contribution in [2.45, 2.75) is 63.8 Å². The van der Waals surface area contributed by atoms with Gasteiger partial charge in [0.2, 0.25) is 4.96 Å². The van der Waals surface area contributed by atoms with E-state index in [0.717, 1.165) is 18.9 Å². The zero-order valence-corrected chi connectivity index (χ0v) is 20.6. The Labute approximate surface area is 200 Å². The molecule has 0 amide bonds. The van der Waals surface area contributed by atoms with Crippen molar-refractivity contribution in [1.82, 2.24) is 19.9 Å². The number of halogens is 3. The van der Waals surface area contributed by atoms with Crippen molar-refractivity contribution in [3.05, 3.63) is 52.4 Å². The fourth-order valence-electron chi connectivity index (χ4n) is 5.05. The van der Waals surface area contributed by atoms with E-state index in [-0.39, 0.29) is 16.5 Å². The maximum Gasteiger partial charge on any atom is 0.416 e. The lowest BCUT2D eigenvalue weighted by Gasteiger charge is -2.22. The van der Waals surface area contributed by atoms with Gasteiger partial charge in [0.25, 0.3) is 0 Å². The summed E-state index contributed by atoms with van der Waals surface area (Å²) >= 11 is 1.38. The summed E-state index contributed by atoms with van der Waals surface area (Å²) < 4.78 is 48.9. The lowest BCUT2D eigenvalue weighted by atomic mass is 9.96. The number of hydrogen-bond acceptors (Lipinski definition) is 6. The molecular weight excluding hydrogens is 463 g/mol. The highest BCUT2D eigenvalue weighted by atomic mass is 32.1. The minimum absolute atomic E-state index is 0.147. The van der Waals surface area contributed by atoms with Crippen LogP contribution in [0.4, 0.5) is 13.2 Å². The first-order valence-electron chi connectivity index (χ1n) is 11.1. The number of nitrogens with one attached hydrogen (secondary N) is 1. The van der Waals surface area contributed by atoms with Gasteiger partial charge in [-0.1, -0.05) is 24.0 Å². The van der Waals surface area contributed by atoms with E-state index in [1.165, 1.54) is 17.4 Å². The number of aromatic nitrogens is 3. The van der Waals surface area contributed by atoms with Gasteiger partial charge in [0.15, 0.2) is 0 Å². The Morgan fingerprint density at radius 3 is 2.59 bits per heavy atom. The predicted molar refractivity (Wildman–Crippen MR) is 125 cm³/mol. The Balaban J connectivity index is 1.55. The van der Waals surface area contributed by atoms with Crippen LogP contribution in [-0.4, -0.2) is 27.2 Å². The monoisotopic (exact) mass is 491 g/mol. The van der Waals surface area contributed by atoms with Gasteiger partial charge in [-0.2, -0.15) is 18.3 Å². The first-order chi connectivity index (χ1) is 15.7. The van der Waals surface area contributed by atoms with Crippen LogP contribution in [0.5, 0.6) is 0 Å². The number of benzene rings is 1. The number of nitrogens with two attached hydrogens (primary N) is 1. The molecule has 1 aromatic carbocycles. The van der Waals surface area contributed by atoms with Crippen molar-refractivity contribution in [2.24, 2.45) is 11.1 Å². The lowest BCUT2D eigenvalue weighted by molar-refractivity contribution is -0.138. The van der Waals surface area contributed by atoms with E-state index in [1.54, 1.807) is 24.6 Å². The molecule has 1 atom stereocenters.